The number of hydrogen-bond acceptors (Lipinski definition) is 3. The molecule has 3 aromatic rings. The van der Waals surface area contributed by atoms with Crippen LogP contribution in [0.1, 0.15) is 49.7 Å². The van der Waals surface area contributed by atoms with E-state index in [-0.39, 0.29) is 12.3 Å². The molecule has 1 saturated carbocycles. The Kier molecular flexibility index (Phi) is 6.63. The van der Waals surface area contributed by atoms with Gasteiger partial charge in [-0.25, -0.2) is 4.98 Å². The highest BCUT2D eigenvalue weighted by molar-refractivity contribution is 5.94. The molecule has 0 atom stereocenters. The molecule has 1 fully saturated rings. The molecule has 2 aromatic carbocycles. The van der Waals surface area contributed by atoms with Crippen molar-refractivity contribution in [2.45, 2.75) is 57.2 Å². The van der Waals surface area contributed by atoms with Crippen LogP contribution in [-0.4, -0.2) is 16.9 Å². The molecule has 1 aliphatic rings. The minimum absolute atomic E-state index is 0.186. The zero-order valence-corrected chi connectivity index (χ0v) is 17.7. The van der Waals surface area contributed by atoms with Crippen molar-refractivity contribution in [3.63, 3.8) is 0 Å². The standard InChI is InChI=1S/C25H26F3N3O/c26-25(27,28)19-10-6-17(7-11-19)8-15-24(32)30-21-12-13-22-18(16-21)9-14-23(31-22)29-20-4-2-1-3-5-20/h6-7,9-14,16,20H,1-5,8,15H2,(H,29,31)(H,30,32). The number of aromatic nitrogens is 1. The maximum atomic E-state index is 12.6. The molecule has 1 amide bonds. The van der Waals surface area contributed by atoms with Crippen LogP contribution in [0.5, 0.6) is 0 Å². The number of halogens is 3. The highest BCUT2D eigenvalue weighted by atomic mass is 19.4. The first-order valence-corrected chi connectivity index (χ1v) is 11.0. The molecule has 0 radical (unpaired) electrons. The van der Waals surface area contributed by atoms with Gasteiger partial charge in [-0.1, -0.05) is 31.4 Å². The van der Waals surface area contributed by atoms with E-state index in [0.29, 0.717) is 23.7 Å². The molecule has 1 heterocycles. The number of aryl methyl sites for hydroxylation is 1. The molecule has 7 heteroatoms. The fraction of sp³-hybridized carbons (Fsp3) is 0.360. The van der Waals surface area contributed by atoms with Gasteiger partial charge in [0, 0.05) is 23.5 Å². The van der Waals surface area contributed by atoms with Gasteiger partial charge < -0.3 is 10.6 Å². The van der Waals surface area contributed by atoms with Gasteiger partial charge in [-0.3, -0.25) is 4.79 Å². The quantitative estimate of drug-likeness (QED) is 0.455. The van der Waals surface area contributed by atoms with Crippen molar-refractivity contribution in [1.82, 2.24) is 4.98 Å². The van der Waals surface area contributed by atoms with Gasteiger partial charge in [-0.2, -0.15) is 13.2 Å². The van der Waals surface area contributed by atoms with Gasteiger partial charge in [0.25, 0.3) is 0 Å². The van der Waals surface area contributed by atoms with Gasteiger partial charge in [0.2, 0.25) is 5.91 Å². The van der Waals surface area contributed by atoms with E-state index < -0.39 is 11.7 Å². The average molecular weight is 441 g/mol. The lowest BCUT2D eigenvalue weighted by Gasteiger charge is -2.23. The van der Waals surface area contributed by atoms with Crippen molar-refractivity contribution in [2.75, 3.05) is 10.6 Å². The SMILES string of the molecule is O=C(CCc1ccc(C(F)(F)F)cc1)Nc1ccc2nc(NC3CCCCC3)ccc2c1. The Balaban J connectivity index is 1.33. The van der Waals surface area contributed by atoms with Crippen molar-refractivity contribution in [2.24, 2.45) is 0 Å². The lowest BCUT2D eigenvalue weighted by atomic mass is 9.95. The smallest absolute Gasteiger partial charge is 0.367 e. The second kappa shape index (κ2) is 9.59. The molecule has 4 nitrogen and oxygen atoms in total. The zero-order chi connectivity index (χ0) is 22.6. The number of nitrogens with zero attached hydrogens (tertiary/aromatic N) is 1. The predicted molar refractivity (Wildman–Crippen MR) is 121 cm³/mol. The van der Waals surface area contributed by atoms with E-state index in [0.717, 1.165) is 28.9 Å². The summed E-state index contributed by atoms with van der Waals surface area (Å²) in [4.78, 5) is 17.0. The second-order valence-electron chi connectivity index (χ2n) is 8.33. The topological polar surface area (TPSA) is 54.0 Å². The van der Waals surface area contributed by atoms with E-state index >= 15 is 0 Å². The number of amides is 1. The third-order valence-electron chi connectivity index (χ3n) is 5.85. The molecule has 0 spiro atoms. The number of rotatable bonds is 6. The fourth-order valence-electron chi connectivity index (χ4n) is 4.08. The normalized spacial score (nSPS) is 15.0. The average Bonchev–Trinajstić information content (AvgIpc) is 2.78. The maximum Gasteiger partial charge on any atom is 0.416 e. The van der Waals surface area contributed by atoms with Crippen LogP contribution in [0, 0.1) is 0 Å². The van der Waals surface area contributed by atoms with E-state index in [1.165, 1.54) is 44.2 Å². The second-order valence-corrected chi connectivity index (χ2v) is 8.33. The summed E-state index contributed by atoms with van der Waals surface area (Å²) in [7, 11) is 0. The lowest BCUT2D eigenvalue weighted by molar-refractivity contribution is -0.137. The van der Waals surface area contributed by atoms with E-state index in [2.05, 4.69) is 15.6 Å². The Bertz CT molecular complexity index is 1070. The van der Waals surface area contributed by atoms with Crippen LogP contribution < -0.4 is 10.6 Å². The van der Waals surface area contributed by atoms with Crippen molar-refractivity contribution in [3.8, 4) is 0 Å². The number of anilines is 2. The first-order valence-electron chi connectivity index (χ1n) is 11.0. The monoisotopic (exact) mass is 441 g/mol. The minimum Gasteiger partial charge on any atom is -0.367 e. The minimum atomic E-state index is -4.35. The number of alkyl halides is 3. The van der Waals surface area contributed by atoms with Crippen molar-refractivity contribution >= 4 is 28.3 Å². The lowest BCUT2D eigenvalue weighted by Crippen LogP contribution is -2.22. The summed E-state index contributed by atoms with van der Waals surface area (Å²) in [5.41, 5.74) is 1.53. The van der Waals surface area contributed by atoms with Gasteiger partial charge in [-0.05, 0) is 67.3 Å². The number of carbonyl (C=O) groups excluding carboxylic acids is 1. The largest absolute Gasteiger partial charge is 0.416 e. The molecule has 0 bridgehead atoms. The number of fused-ring (bicyclic) bond motifs is 1. The van der Waals surface area contributed by atoms with Crippen LogP contribution in [0.3, 0.4) is 0 Å². The first kappa shape index (κ1) is 22.1. The van der Waals surface area contributed by atoms with Gasteiger partial charge in [-0.15, -0.1) is 0 Å². The number of nitrogens with one attached hydrogen (secondary N) is 2. The van der Waals surface area contributed by atoms with Gasteiger partial charge in [0.1, 0.15) is 5.82 Å². The molecule has 0 unspecified atom stereocenters. The highest BCUT2D eigenvalue weighted by Crippen LogP contribution is 2.29. The number of benzene rings is 2. The first-order chi connectivity index (χ1) is 15.4. The van der Waals surface area contributed by atoms with E-state index in [4.69, 9.17) is 0 Å². The molecule has 0 aliphatic heterocycles. The Morgan fingerprint density at radius 3 is 2.44 bits per heavy atom. The summed E-state index contributed by atoms with van der Waals surface area (Å²) < 4.78 is 37.9. The third kappa shape index (κ3) is 5.78. The van der Waals surface area contributed by atoms with Crippen molar-refractivity contribution in [1.29, 1.82) is 0 Å². The Morgan fingerprint density at radius 2 is 1.72 bits per heavy atom. The molecule has 0 saturated heterocycles. The van der Waals surface area contributed by atoms with Crippen LogP contribution in [0.25, 0.3) is 10.9 Å². The molecule has 2 N–H and O–H groups in total. The predicted octanol–water partition coefficient (Wildman–Crippen LogP) is 6.57. The van der Waals surface area contributed by atoms with E-state index in [1.54, 1.807) is 0 Å². The van der Waals surface area contributed by atoms with Gasteiger partial charge >= 0.3 is 6.18 Å². The fourth-order valence-corrected chi connectivity index (χ4v) is 4.08. The van der Waals surface area contributed by atoms with Crippen molar-refractivity contribution in [3.05, 3.63) is 65.7 Å². The van der Waals surface area contributed by atoms with Crippen LogP contribution in [-0.2, 0) is 17.4 Å². The van der Waals surface area contributed by atoms with Crippen LogP contribution in [0.4, 0.5) is 24.7 Å². The molecule has 32 heavy (non-hydrogen) atoms. The molecule has 1 aliphatic carbocycles. The van der Waals surface area contributed by atoms with Crippen LogP contribution in [0.2, 0.25) is 0 Å². The summed E-state index contributed by atoms with van der Waals surface area (Å²) in [5.74, 6) is 0.686. The number of pyridine rings is 1. The third-order valence-corrected chi connectivity index (χ3v) is 5.85. The van der Waals surface area contributed by atoms with Crippen molar-refractivity contribution < 1.29 is 18.0 Å². The molecule has 4 rings (SSSR count). The highest BCUT2D eigenvalue weighted by Gasteiger charge is 2.29. The summed E-state index contributed by atoms with van der Waals surface area (Å²) >= 11 is 0. The summed E-state index contributed by atoms with van der Waals surface area (Å²) in [6.07, 6.45) is 2.38. The molecular formula is C25H26F3N3O. The molecule has 168 valence electrons. The van der Waals surface area contributed by atoms with E-state index in [1.807, 2.05) is 30.3 Å². The Hall–Kier alpha value is -3.09. The van der Waals surface area contributed by atoms with Gasteiger partial charge in [0.15, 0.2) is 0 Å². The Labute approximate surface area is 185 Å². The summed E-state index contributed by atoms with van der Waals surface area (Å²) in [5, 5.41) is 7.31. The summed E-state index contributed by atoms with van der Waals surface area (Å²) in [6, 6.07) is 14.9. The van der Waals surface area contributed by atoms with Crippen LogP contribution in [0.15, 0.2) is 54.6 Å². The summed E-state index contributed by atoms with van der Waals surface area (Å²) in [6.45, 7) is 0. The Morgan fingerprint density at radius 1 is 0.969 bits per heavy atom. The van der Waals surface area contributed by atoms with Crippen LogP contribution >= 0.6 is 0 Å². The molecule has 1 aromatic heterocycles. The van der Waals surface area contributed by atoms with E-state index in [9.17, 15) is 18.0 Å². The maximum absolute atomic E-state index is 12.6. The zero-order valence-electron chi connectivity index (χ0n) is 17.7. The van der Waals surface area contributed by atoms with Gasteiger partial charge in [0.05, 0.1) is 11.1 Å². The number of carbonyl (C=O) groups is 1. The molecular weight excluding hydrogens is 415 g/mol. The number of hydrogen-bond donors (Lipinski definition) is 2.